The number of carbonyl (C=O) groups excluding carboxylic acids is 1. The summed E-state index contributed by atoms with van der Waals surface area (Å²) >= 11 is 0. The summed E-state index contributed by atoms with van der Waals surface area (Å²) in [5, 5.41) is 2.88. The number of nitrogens with one attached hydrogen (secondary N) is 1. The number of rotatable bonds is 5. The van der Waals surface area contributed by atoms with Gasteiger partial charge >= 0.3 is 0 Å². The Kier molecular flexibility index (Phi) is 6.83. The van der Waals surface area contributed by atoms with Crippen LogP contribution in [0.15, 0.2) is 24.3 Å². The lowest BCUT2D eigenvalue weighted by atomic mass is 9.86. The number of benzene rings is 1. The van der Waals surface area contributed by atoms with Crippen LogP contribution in [0.4, 0.5) is 0 Å². The molecule has 0 bridgehead atoms. The molecule has 0 saturated heterocycles. The number of hydrogen-bond donors (Lipinski definition) is 1. The van der Waals surface area contributed by atoms with Gasteiger partial charge in [-0.15, -0.1) is 0 Å². The molecule has 1 fully saturated rings. The molecule has 2 rings (SSSR count). The third kappa shape index (κ3) is 5.81. The monoisotopic (exact) mass is 299 g/mol. The van der Waals surface area contributed by atoms with Crippen LogP contribution < -0.4 is 10.1 Å². The van der Waals surface area contributed by atoms with Crippen molar-refractivity contribution < 1.29 is 9.53 Å². The van der Waals surface area contributed by atoms with E-state index in [-0.39, 0.29) is 5.91 Å². The first-order valence-electron chi connectivity index (χ1n) is 8.17. The van der Waals surface area contributed by atoms with Crippen molar-refractivity contribution in [2.75, 3.05) is 13.7 Å². The molecular weight excluding hydrogens is 274 g/mol. The summed E-state index contributed by atoms with van der Waals surface area (Å²) in [6, 6.07) is 7.59. The predicted molar refractivity (Wildman–Crippen MR) is 88.7 cm³/mol. The maximum atomic E-state index is 11.8. The molecule has 1 saturated carbocycles. The van der Waals surface area contributed by atoms with Gasteiger partial charge in [-0.1, -0.05) is 43.9 Å². The molecule has 1 amide bonds. The number of carbonyl (C=O) groups is 1. The molecule has 0 aromatic heterocycles. The van der Waals surface area contributed by atoms with Crippen LogP contribution in [0.5, 0.6) is 5.75 Å². The van der Waals surface area contributed by atoms with Crippen molar-refractivity contribution in [1.29, 1.82) is 0 Å². The number of hydrogen-bond acceptors (Lipinski definition) is 2. The standard InChI is InChI=1S/C19H25NO2/c1-22-18-12-9-17(10-13-18)8-5-15-20-19(21)14-11-16-6-3-2-4-7-16/h9-10,12-13,16H,2-4,6-7,11,14-15H2,1H3,(H,20,21). The highest BCUT2D eigenvalue weighted by Gasteiger charge is 2.14. The zero-order chi connectivity index (χ0) is 15.6. The molecule has 1 aliphatic rings. The van der Waals surface area contributed by atoms with Gasteiger partial charge in [0, 0.05) is 12.0 Å². The van der Waals surface area contributed by atoms with Gasteiger partial charge in [0.25, 0.3) is 0 Å². The molecule has 1 aliphatic carbocycles. The Morgan fingerprint density at radius 2 is 1.95 bits per heavy atom. The average Bonchev–Trinajstić information content (AvgIpc) is 2.58. The molecule has 3 heteroatoms. The first kappa shape index (κ1) is 16.4. The van der Waals surface area contributed by atoms with Crippen molar-refractivity contribution in [3.05, 3.63) is 29.8 Å². The maximum absolute atomic E-state index is 11.8. The Bertz CT molecular complexity index is 519. The van der Waals surface area contributed by atoms with Crippen LogP contribution in [-0.2, 0) is 4.79 Å². The average molecular weight is 299 g/mol. The number of methoxy groups -OCH3 is 1. The lowest BCUT2D eigenvalue weighted by Crippen LogP contribution is -2.24. The molecule has 1 aromatic rings. The second-order valence-electron chi connectivity index (χ2n) is 5.85. The van der Waals surface area contributed by atoms with Gasteiger partial charge in [0.15, 0.2) is 0 Å². The number of amides is 1. The minimum atomic E-state index is 0.120. The van der Waals surface area contributed by atoms with E-state index in [0.29, 0.717) is 13.0 Å². The van der Waals surface area contributed by atoms with Gasteiger partial charge in [0.05, 0.1) is 13.7 Å². The van der Waals surface area contributed by atoms with Crippen LogP contribution in [0.1, 0.15) is 50.5 Å². The molecule has 118 valence electrons. The van der Waals surface area contributed by atoms with Crippen LogP contribution in [0.3, 0.4) is 0 Å². The third-order valence-corrected chi connectivity index (χ3v) is 4.20. The van der Waals surface area contributed by atoms with E-state index >= 15 is 0 Å². The van der Waals surface area contributed by atoms with E-state index in [4.69, 9.17) is 4.74 Å². The first-order chi connectivity index (χ1) is 10.8. The largest absolute Gasteiger partial charge is 0.497 e. The van der Waals surface area contributed by atoms with E-state index in [2.05, 4.69) is 17.2 Å². The maximum Gasteiger partial charge on any atom is 0.220 e. The van der Waals surface area contributed by atoms with Crippen LogP contribution in [-0.4, -0.2) is 19.6 Å². The fourth-order valence-electron chi connectivity index (χ4n) is 2.86. The third-order valence-electron chi connectivity index (χ3n) is 4.20. The Labute approximate surface area is 133 Å². The van der Waals surface area contributed by atoms with Crippen molar-refractivity contribution in [2.24, 2.45) is 5.92 Å². The quantitative estimate of drug-likeness (QED) is 0.845. The second-order valence-corrected chi connectivity index (χ2v) is 5.85. The van der Waals surface area contributed by atoms with Crippen molar-refractivity contribution in [2.45, 2.75) is 44.9 Å². The normalized spacial score (nSPS) is 14.8. The van der Waals surface area contributed by atoms with Crippen molar-refractivity contribution in [3.8, 4) is 17.6 Å². The summed E-state index contributed by atoms with van der Waals surface area (Å²) in [7, 11) is 1.64. The van der Waals surface area contributed by atoms with Gasteiger partial charge in [-0.3, -0.25) is 4.79 Å². The van der Waals surface area contributed by atoms with E-state index in [9.17, 15) is 4.79 Å². The summed E-state index contributed by atoms with van der Waals surface area (Å²) in [6.45, 7) is 0.412. The molecular formula is C19H25NO2. The predicted octanol–water partition coefficient (Wildman–Crippen LogP) is 3.52. The summed E-state index contributed by atoms with van der Waals surface area (Å²) in [6.07, 6.45) is 8.28. The number of ether oxygens (including phenoxy) is 1. The molecule has 0 aliphatic heterocycles. The summed E-state index contributed by atoms with van der Waals surface area (Å²) in [5.41, 5.74) is 0.928. The fourth-order valence-corrected chi connectivity index (χ4v) is 2.86. The lowest BCUT2D eigenvalue weighted by molar-refractivity contribution is -0.121. The van der Waals surface area contributed by atoms with E-state index in [0.717, 1.165) is 23.7 Å². The second kappa shape index (κ2) is 9.15. The fraction of sp³-hybridized carbons (Fsp3) is 0.526. The highest BCUT2D eigenvalue weighted by atomic mass is 16.5. The molecule has 0 spiro atoms. The Morgan fingerprint density at radius 3 is 2.64 bits per heavy atom. The molecule has 3 nitrogen and oxygen atoms in total. The first-order valence-corrected chi connectivity index (χ1v) is 8.17. The minimum Gasteiger partial charge on any atom is -0.497 e. The Hall–Kier alpha value is -1.95. The Morgan fingerprint density at radius 1 is 1.23 bits per heavy atom. The summed E-state index contributed by atoms with van der Waals surface area (Å²) < 4.78 is 5.10. The molecule has 0 radical (unpaired) electrons. The SMILES string of the molecule is COc1ccc(C#CCNC(=O)CCC2CCCCC2)cc1. The minimum absolute atomic E-state index is 0.120. The Balaban J connectivity index is 1.64. The van der Waals surface area contributed by atoms with Crippen molar-refractivity contribution in [3.63, 3.8) is 0 Å². The van der Waals surface area contributed by atoms with Crippen LogP contribution >= 0.6 is 0 Å². The van der Waals surface area contributed by atoms with E-state index < -0.39 is 0 Å². The summed E-state index contributed by atoms with van der Waals surface area (Å²) in [5.74, 6) is 7.72. The van der Waals surface area contributed by atoms with Crippen molar-refractivity contribution >= 4 is 5.91 Å². The highest BCUT2D eigenvalue weighted by molar-refractivity contribution is 5.76. The van der Waals surface area contributed by atoms with Gasteiger partial charge in [-0.05, 0) is 36.6 Å². The lowest BCUT2D eigenvalue weighted by Gasteiger charge is -2.20. The van der Waals surface area contributed by atoms with Crippen LogP contribution in [0.25, 0.3) is 0 Å². The highest BCUT2D eigenvalue weighted by Crippen LogP contribution is 2.27. The molecule has 22 heavy (non-hydrogen) atoms. The molecule has 0 unspecified atom stereocenters. The topological polar surface area (TPSA) is 38.3 Å². The van der Waals surface area contributed by atoms with Crippen molar-refractivity contribution in [1.82, 2.24) is 5.32 Å². The molecule has 0 atom stereocenters. The van der Waals surface area contributed by atoms with Gasteiger partial charge in [0.1, 0.15) is 5.75 Å². The van der Waals surface area contributed by atoms with Gasteiger partial charge in [-0.2, -0.15) is 0 Å². The molecule has 1 aromatic carbocycles. The van der Waals surface area contributed by atoms with E-state index in [1.807, 2.05) is 24.3 Å². The van der Waals surface area contributed by atoms with Crippen LogP contribution in [0, 0.1) is 17.8 Å². The van der Waals surface area contributed by atoms with E-state index in [1.54, 1.807) is 7.11 Å². The molecule has 1 N–H and O–H groups in total. The van der Waals surface area contributed by atoms with Gasteiger partial charge in [0.2, 0.25) is 5.91 Å². The smallest absolute Gasteiger partial charge is 0.220 e. The molecule has 0 heterocycles. The summed E-state index contributed by atoms with van der Waals surface area (Å²) in [4.78, 5) is 11.8. The van der Waals surface area contributed by atoms with Gasteiger partial charge < -0.3 is 10.1 Å². The van der Waals surface area contributed by atoms with Crippen LogP contribution in [0.2, 0.25) is 0 Å². The zero-order valence-electron chi connectivity index (χ0n) is 13.4. The van der Waals surface area contributed by atoms with Gasteiger partial charge in [-0.25, -0.2) is 0 Å². The van der Waals surface area contributed by atoms with E-state index in [1.165, 1.54) is 32.1 Å². The zero-order valence-corrected chi connectivity index (χ0v) is 13.4.